The highest BCUT2D eigenvalue weighted by Crippen LogP contribution is 2.35. The van der Waals surface area contributed by atoms with E-state index in [4.69, 9.17) is 0 Å². The Hall–Kier alpha value is -3.72. The highest BCUT2D eigenvalue weighted by Gasteiger charge is 2.48. The predicted molar refractivity (Wildman–Crippen MR) is 110 cm³/mol. The molecule has 0 spiro atoms. The summed E-state index contributed by atoms with van der Waals surface area (Å²) >= 11 is 0. The summed E-state index contributed by atoms with van der Waals surface area (Å²) in [4.78, 5) is 26.3. The fourth-order valence-corrected chi connectivity index (χ4v) is 4.23. The van der Waals surface area contributed by atoms with Crippen molar-refractivity contribution in [1.82, 2.24) is 0 Å². The van der Waals surface area contributed by atoms with Crippen LogP contribution in [0.25, 0.3) is 21.5 Å². The molecule has 0 aliphatic heterocycles. The Kier molecular flexibility index (Phi) is 4.19. The maximum absolute atomic E-state index is 13.2. The van der Waals surface area contributed by atoms with Crippen LogP contribution in [0, 0.1) is 0 Å². The normalized spacial score (nSPS) is 13.8. The van der Waals surface area contributed by atoms with Crippen molar-refractivity contribution in [3.8, 4) is 5.75 Å². The molecule has 0 radical (unpaired) electrons. The van der Waals surface area contributed by atoms with E-state index >= 15 is 0 Å². The summed E-state index contributed by atoms with van der Waals surface area (Å²) in [5.41, 5.74) is -4.82. The smallest absolute Gasteiger partial charge is 0.376 e. The van der Waals surface area contributed by atoms with E-state index in [-0.39, 0.29) is 33.4 Å². The highest BCUT2D eigenvalue weighted by molar-refractivity contribution is 7.88. The Bertz CT molecular complexity index is 1590. The van der Waals surface area contributed by atoms with Gasteiger partial charge in [0.05, 0.1) is 0 Å². The summed E-state index contributed by atoms with van der Waals surface area (Å²) in [6, 6.07) is 16.8. The van der Waals surface area contributed by atoms with Gasteiger partial charge in [-0.05, 0) is 57.9 Å². The fraction of sp³-hybridized carbons (Fsp3) is 0.0435. The molecule has 0 saturated heterocycles. The number of hydrogen-bond acceptors (Lipinski definition) is 5. The van der Waals surface area contributed by atoms with E-state index in [9.17, 15) is 31.2 Å². The van der Waals surface area contributed by atoms with Gasteiger partial charge < -0.3 is 4.18 Å². The van der Waals surface area contributed by atoms with Crippen LogP contribution < -0.4 is 4.18 Å². The lowest BCUT2D eigenvalue weighted by atomic mass is 9.81. The monoisotopic (exact) mass is 456 g/mol. The van der Waals surface area contributed by atoms with Gasteiger partial charge in [0.25, 0.3) is 0 Å². The van der Waals surface area contributed by atoms with E-state index in [1.807, 2.05) is 24.3 Å². The second kappa shape index (κ2) is 6.64. The molecule has 32 heavy (non-hydrogen) atoms. The number of alkyl halides is 3. The van der Waals surface area contributed by atoms with Crippen molar-refractivity contribution in [2.45, 2.75) is 5.51 Å². The number of fused-ring (bicyclic) bond motifs is 4. The zero-order valence-corrected chi connectivity index (χ0v) is 16.8. The number of ketones is 2. The zero-order valence-electron chi connectivity index (χ0n) is 15.9. The summed E-state index contributed by atoms with van der Waals surface area (Å²) in [7, 11) is -5.84. The molecule has 0 heterocycles. The molecule has 5 nitrogen and oxygen atoms in total. The number of rotatable bonds is 2. The molecule has 9 heteroatoms. The SMILES string of the molecule is O=C1c2cc3ccccc3cc2C(=O)c2cc3cc(OS(=O)(=O)C(F)(F)F)ccc3cc21. The molecule has 0 saturated carbocycles. The molecule has 0 amide bonds. The van der Waals surface area contributed by atoms with Gasteiger partial charge in [0.2, 0.25) is 0 Å². The molecule has 160 valence electrons. The van der Waals surface area contributed by atoms with Crippen LogP contribution in [0.4, 0.5) is 13.2 Å². The van der Waals surface area contributed by atoms with Crippen molar-refractivity contribution in [3.63, 3.8) is 0 Å². The van der Waals surface area contributed by atoms with Gasteiger partial charge in [0.1, 0.15) is 5.75 Å². The fourth-order valence-electron chi connectivity index (χ4n) is 3.78. The van der Waals surface area contributed by atoms with Crippen LogP contribution in [0.3, 0.4) is 0 Å². The zero-order chi connectivity index (χ0) is 22.8. The first kappa shape index (κ1) is 20.2. The number of carbonyl (C=O) groups is 2. The summed E-state index contributed by atoms with van der Waals surface area (Å²) in [5.74, 6) is -1.31. The van der Waals surface area contributed by atoms with E-state index in [1.165, 1.54) is 18.2 Å². The Labute approximate surface area is 179 Å². The van der Waals surface area contributed by atoms with Gasteiger partial charge in [0.15, 0.2) is 11.6 Å². The maximum atomic E-state index is 13.2. The maximum Gasteiger partial charge on any atom is 0.534 e. The van der Waals surface area contributed by atoms with Crippen LogP contribution in [-0.4, -0.2) is 25.5 Å². The first-order chi connectivity index (χ1) is 15.0. The topological polar surface area (TPSA) is 77.5 Å². The molecule has 5 rings (SSSR count). The van der Waals surface area contributed by atoms with Gasteiger partial charge in [0, 0.05) is 22.3 Å². The summed E-state index contributed by atoms with van der Waals surface area (Å²) in [6.45, 7) is 0. The number of carbonyl (C=O) groups excluding carboxylic acids is 2. The van der Waals surface area contributed by atoms with Crippen LogP contribution in [0.1, 0.15) is 31.8 Å². The molecule has 1 aliphatic rings. The average molecular weight is 456 g/mol. The standard InChI is InChI=1S/C23H11F3O5S/c24-23(25,26)32(29,30)31-16-6-5-14-10-19-20(11-15(14)7-16)22(28)18-9-13-4-2-1-3-12(13)8-17(18)21(19)27/h1-11H. The van der Waals surface area contributed by atoms with Crippen LogP contribution in [-0.2, 0) is 10.1 Å². The van der Waals surface area contributed by atoms with Crippen LogP contribution in [0.15, 0.2) is 66.7 Å². The first-order valence-corrected chi connectivity index (χ1v) is 10.7. The third kappa shape index (κ3) is 3.04. The first-order valence-electron chi connectivity index (χ1n) is 9.26. The lowest BCUT2D eigenvalue weighted by molar-refractivity contribution is -0.0500. The van der Waals surface area contributed by atoms with E-state index in [0.29, 0.717) is 5.39 Å². The second-order valence-electron chi connectivity index (χ2n) is 7.29. The quantitative estimate of drug-likeness (QED) is 0.276. The van der Waals surface area contributed by atoms with Gasteiger partial charge in [-0.2, -0.15) is 21.6 Å². The van der Waals surface area contributed by atoms with Crippen LogP contribution >= 0.6 is 0 Å². The number of halogens is 3. The second-order valence-corrected chi connectivity index (χ2v) is 8.83. The minimum atomic E-state index is -5.84. The Morgan fingerprint density at radius 1 is 0.625 bits per heavy atom. The Balaban J connectivity index is 1.64. The van der Waals surface area contributed by atoms with Gasteiger partial charge in [-0.25, -0.2) is 0 Å². The van der Waals surface area contributed by atoms with Crippen molar-refractivity contribution >= 4 is 43.2 Å². The largest absolute Gasteiger partial charge is 0.534 e. The third-order valence-corrected chi connectivity index (χ3v) is 6.28. The van der Waals surface area contributed by atoms with E-state index < -0.39 is 27.2 Å². The van der Waals surface area contributed by atoms with Crippen molar-refractivity contribution in [1.29, 1.82) is 0 Å². The number of hydrogen-bond donors (Lipinski definition) is 0. The predicted octanol–water partition coefficient (Wildman–Crippen LogP) is 5.00. The van der Waals surface area contributed by atoms with Gasteiger partial charge in [-0.1, -0.05) is 30.3 Å². The van der Waals surface area contributed by atoms with Crippen molar-refractivity contribution in [2.24, 2.45) is 0 Å². The molecule has 0 aromatic heterocycles. The van der Waals surface area contributed by atoms with Crippen molar-refractivity contribution in [3.05, 3.63) is 89.0 Å². The molecule has 0 fully saturated rings. The third-order valence-electron chi connectivity index (χ3n) is 5.30. The summed E-state index contributed by atoms with van der Waals surface area (Å²) < 4.78 is 64.6. The van der Waals surface area contributed by atoms with Gasteiger partial charge in [-0.3, -0.25) is 9.59 Å². The lowest BCUT2D eigenvalue weighted by Crippen LogP contribution is -2.28. The summed E-state index contributed by atoms with van der Waals surface area (Å²) in [5, 5.41) is 2.28. The molecular formula is C23H11F3O5S. The van der Waals surface area contributed by atoms with Gasteiger partial charge in [-0.15, -0.1) is 0 Å². The molecular weight excluding hydrogens is 445 g/mol. The van der Waals surface area contributed by atoms with E-state index in [0.717, 1.165) is 22.9 Å². The molecule has 4 aromatic carbocycles. The molecule has 0 bridgehead atoms. The van der Waals surface area contributed by atoms with Gasteiger partial charge >= 0.3 is 15.6 Å². The minimum Gasteiger partial charge on any atom is -0.376 e. The lowest BCUT2D eigenvalue weighted by Gasteiger charge is -2.19. The van der Waals surface area contributed by atoms with Crippen LogP contribution in [0.2, 0.25) is 0 Å². The summed E-state index contributed by atoms with van der Waals surface area (Å²) in [6.07, 6.45) is 0. The van der Waals surface area contributed by atoms with Crippen molar-refractivity contribution in [2.75, 3.05) is 0 Å². The number of benzene rings is 4. The minimum absolute atomic E-state index is 0.0844. The van der Waals surface area contributed by atoms with Crippen LogP contribution in [0.5, 0.6) is 5.75 Å². The molecule has 1 aliphatic carbocycles. The van der Waals surface area contributed by atoms with Crippen molar-refractivity contribution < 1.29 is 35.4 Å². The Morgan fingerprint density at radius 2 is 1.06 bits per heavy atom. The molecule has 0 N–H and O–H groups in total. The Morgan fingerprint density at radius 3 is 1.53 bits per heavy atom. The van der Waals surface area contributed by atoms with E-state index in [1.54, 1.807) is 12.1 Å². The molecule has 4 aromatic rings. The molecule has 0 unspecified atom stereocenters. The molecule has 0 atom stereocenters. The highest BCUT2D eigenvalue weighted by atomic mass is 32.2. The average Bonchev–Trinajstić information content (AvgIpc) is 2.74. The van der Waals surface area contributed by atoms with E-state index in [2.05, 4.69) is 4.18 Å².